The van der Waals surface area contributed by atoms with Crippen LogP contribution < -0.4 is 0 Å². The van der Waals surface area contributed by atoms with Gasteiger partial charge in [0.2, 0.25) is 0 Å². The lowest BCUT2D eigenvalue weighted by Crippen LogP contribution is -2.63. The summed E-state index contributed by atoms with van der Waals surface area (Å²) in [6.45, 7) is 0. The minimum Gasteiger partial charge on any atom is -0.218 e. The first-order valence-corrected chi connectivity index (χ1v) is 5.11. The van der Waals surface area contributed by atoms with Gasteiger partial charge in [0.1, 0.15) is 0 Å². The van der Waals surface area contributed by atoms with Crippen LogP contribution in [-0.4, -0.2) is 36.7 Å². The minimum atomic E-state index is -7.71. The van der Waals surface area contributed by atoms with E-state index < -0.39 is 38.1 Å². The highest BCUT2D eigenvalue weighted by molar-refractivity contribution is 7.94. The molecule has 0 aromatic heterocycles. The molecule has 1 unspecified atom stereocenters. The molecule has 13 heteroatoms. The Bertz CT molecular complexity index is 475. The van der Waals surface area contributed by atoms with Crippen molar-refractivity contribution >= 4 is 9.84 Å². The summed E-state index contributed by atoms with van der Waals surface area (Å²) in [5, 5.41) is -13.9. The van der Waals surface area contributed by atoms with Crippen molar-refractivity contribution in [1.82, 2.24) is 0 Å². The molecular weight excluding hydrogens is 314 g/mol. The molecule has 0 aliphatic carbocycles. The van der Waals surface area contributed by atoms with Crippen LogP contribution in [0.3, 0.4) is 0 Å². The van der Waals surface area contributed by atoms with Crippen molar-refractivity contribution in [2.24, 2.45) is 0 Å². The van der Waals surface area contributed by atoms with E-state index in [2.05, 4.69) is 0 Å². The predicted octanol–water partition coefficient (Wildman–Crippen LogP) is 2.51. The van der Waals surface area contributed by atoms with E-state index in [-0.39, 0.29) is 0 Å². The van der Waals surface area contributed by atoms with Gasteiger partial charge in [0, 0.05) is 0 Å². The van der Waals surface area contributed by atoms with Crippen molar-refractivity contribution < 1.29 is 52.3 Å². The van der Waals surface area contributed by atoms with Gasteiger partial charge in [-0.25, -0.2) is 12.8 Å². The van der Waals surface area contributed by atoms with Crippen LogP contribution in [-0.2, 0) is 9.84 Å². The molecule has 1 fully saturated rings. The zero-order valence-electron chi connectivity index (χ0n) is 7.50. The van der Waals surface area contributed by atoms with Crippen LogP contribution in [0.5, 0.6) is 0 Å². The molecule has 1 aliphatic rings. The van der Waals surface area contributed by atoms with E-state index in [0.717, 1.165) is 0 Å². The van der Waals surface area contributed by atoms with Gasteiger partial charge >= 0.3 is 28.3 Å². The quantitative estimate of drug-likeness (QED) is 0.644. The Balaban J connectivity index is 3.87. The molecule has 1 rings (SSSR count). The van der Waals surface area contributed by atoms with Gasteiger partial charge in [-0.1, -0.05) is 0 Å². The fourth-order valence-electron chi connectivity index (χ4n) is 1.24. The molecule has 0 saturated carbocycles. The van der Waals surface area contributed by atoms with E-state index in [9.17, 15) is 52.3 Å². The van der Waals surface area contributed by atoms with E-state index in [4.69, 9.17) is 0 Å². The number of hydrogen-bond donors (Lipinski definition) is 0. The van der Waals surface area contributed by atoms with E-state index >= 15 is 0 Å². The second-order valence-corrected chi connectivity index (χ2v) is 5.30. The zero-order valence-corrected chi connectivity index (χ0v) is 8.32. The molecule has 1 saturated heterocycles. The Kier molecular flexibility index (Phi) is 2.59. The maximum Gasteiger partial charge on any atom is 0.436 e. The third kappa shape index (κ3) is 1.09. The molecule has 2 nitrogen and oxygen atoms in total. The van der Waals surface area contributed by atoms with Gasteiger partial charge in [-0.05, 0) is 0 Å². The van der Waals surface area contributed by atoms with Crippen LogP contribution >= 0.6 is 0 Å². The molecule has 108 valence electrons. The zero-order chi connectivity index (χ0) is 15.0. The van der Waals surface area contributed by atoms with Gasteiger partial charge in [0.05, 0.1) is 0 Å². The lowest BCUT2D eigenvalue weighted by atomic mass is 9.97. The maximum atomic E-state index is 12.9. The minimum absolute atomic E-state index is 6.90. The summed E-state index contributed by atoms with van der Waals surface area (Å²) in [6, 6.07) is 0. The summed E-state index contributed by atoms with van der Waals surface area (Å²) in [6.07, 6.45) is -7.23. The third-order valence-corrected chi connectivity index (χ3v) is 4.15. The smallest absolute Gasteiger partial charge is 0.218 e. The molecular formula is C5F10O2S. The Morgan fingerprint density at radius 1 is 0.722 bits per heavy atom. The fraction of sp³-hybridized carbons (Fsp3) is 1.00. The fourth-order valence-corrected chi connectivity index (χ4v) is 2.66. The first kappa shape index (κ1) is 15.3. The highest BCUT2D eigenvalue weighted by Crippen LogP contribution is 2.68. The molecule has 0 spiro atoms. The lowest BCUT2D eigenvalue weighted by Gasteiger charge is -2.30. The number of alkyl halides is 10. The van der Waals surface area contributed by atoms with Crippen molar-refractivity contribution in [2.45, 2.75) is 28.3 Å². The summed E-state index contributed by atoms with van der Waals surface area (Å²) in [5.41, 5.74) is -7.21. The second kappa shape index (κ2) is 3.04. The van der Waals surface area contributed by atoms with Crippen molar-refractivity contribution in [2.75, 3.05) is 0 Å². The van der Waals surface area contributed by atoms with Crippen molar-refractivity contribution in [1.29, 1.82) is 0 Å². The normalized spacial score (nSPS) is 36.6. The molecule has 0 bridgehead atoms. The van der Waals surface area contributed by atoms with Crippen LogP contribution in [0.15, 0.2) is 0 Å². The predicted molar refractivity (Wildman–Crippen MR) is 33.7 cm³/mol. The van der Waals surface area contributed by atoms with E-state index in [1.165, 1.54) is 0 Å². The Morgan fingerprint density at radius 3 is 1.17 bits per heavy atom. The largest absolute Gasteiger partial charge is 0.436 e. The summed E-state index contributed by atoms with van der Waals surface area (Å²) in [4.78, 5) is 0. The molecule has 1 heterocycles. The Labute approximate surface area is 91.5 Å². The average Bonchev–Trinajstić information content (AvgIpc) is 2.16. The number of rotatable bonds is 0. The lowest BCUT2D eigenvalue weighted by molar-refractivity contribution is -0.357. The van der Waals surface area contributed by atoms with Gasteiger partial charge in [-0.3, -0.25) is 0 Å². The maximum absolute atomic E-state index is 12.9. The standard InChI is InChI=1S/C5F10O2S/c6-1(3(9,10)11)2(7,8)5(14,15)18(16,17)4(1,12)13. The van der Waals surface area contributed by atoms with E-state index in [1.807, 2.05) is 0 Å². The monoisotopic (exact) mass is 314 g/mol. The summed E-state index contributed by atoms with van der Waals surface area (Å²) in [5.74, 6) is -7.17. The molecule has 0 N–H and O–H groups in total. The van der Waals surface area contributed by atoms with Gasteiger partial charge in [-0.15, -0.1) is 0 Å². The molecule has 0 aromatic rings. The van der Waals surface area contributed by atoms with Crippen LogP contribution in [0, 0.1) is 0 Å². The number of hydrogen-bond acceptors (Lipinski definition) is 2. The topological polar surface area (TPSA) is 34.1 Å². The first-order chi connectivity index (χ1) is 7.50. The highest BCUT2D eigenvalue weighted by Gasteiger charge is 3.02. The van der Waals surface area contributed by atoms with Crippen LogP contribution in [0.25, 0.3) is 0 Å². The number of halogens is 10. The van der Waals surface area contributed by atoms with Crippen molar-refractivity contribution in [3.8, 4) is 0 Å². The van der Waals surface area contributed by atoms with Gasteiger partial charge < -0.3 is 0 Å². The van der Waals surface area contributed by atoms with Gasteiger partial charge in [0.15, 0.2) is 0 Å². The number of sulfone groups is 1. The SMILES string of the molecule is O=S1(=O)C(F)(F)C(F)(F)C(F)(C(F)(F)F)C1(F)F. The summed E-state index contributed by atoms with van der Waals surface area (Å²) < 4.78 is 144. The van der Waals surface area contributed by atoms with Gasteiger partial charge in [-0.2, -0.15) is 39.5 Å². The molecule has 0 radical (unpaired) electrons. The van der Waals surface area contributed by atoms with E-state index in [1.54, 1.807) is 0 Å². The Hall–Kier alpha value is -0.750. The first-order valence-electron chi connectivity index (χ1n) is 3.63. The van der Waals surface area contributed by atoms with Gasteiger partial charge in [0.25, 0.3) is 9.84 Å². The van der Waals surface area contributed by atoms with E-state index in [0.29, 0.717) is 0 Å². The van der Waals surface area contributed by atoms with Crippen LogP contribution in [0.1, 0.15) is 0 Å². The molecule has 18 heavy (non-hydrogen) atoms. The molecule has 1 aliphatic heterocycles. The van der Waals surface area contributed by atoms with Crippen LogP contribution in [0.4, 0.5) is 43.9 Å². The third-order valence-electron chi connectivity index (χ3n) is 2.26. The van der Waals surface area contributed by atoms with Crippen LogP contribution in [0.2, 0.25) is 0 Å². The summed E-state index contributed by atoms with van der Waals surface area (Å²) >= 11 is 0. The molecule has 1 atom stereocenters. The highest BCUT2D eigenvalue weighted by atomic mass is 32.2. The molecule has 0 aromatic carbocycles. The van der Waals surface area contributed by atoms with Crippen molar-refractivity contribution in [3.05, 3.63) is 0 Å². The molecule has 0 amide bonds. The average molecular weight is 314 g/mol. The Morgan fingerprint density at radius 2 is 1.06 bits per heavy atom. The van der Waals surface area contributed by atoms with Crippen molar-refractivity contribution in [3.63, 3.8) is 0 Å². The second-order valence-electron chi connectivity index (χ2n) is 3.27. The summed E-state index contributed by atoms with van der Waals surface area (Å²) in [7, 11) is -7.71.